The van der Waals surface area contributed by atoms with Gasteiger partial charge < -0.3 is 4.57 Å². The molecule has 8 rings (SSSR count). The van der Waals surface area contributed by atoms with E-state index in [4.69, 9.17) is 0 Å². The van der Waals surface area contributed by atoms with Gasteiger partial charge in [0.15, 0.2) is 0 Å². The zero-order valence-electron chi connectivity index (χ0n) is 20.2. The summed E-state index contributed by atoms with van der Waals surface area (Å²) in [5.41, 5.74) is 6.13. The van der Waals surface area contributed by atoms with Crippen LogP contribution in [0.15, 0.2) is 140 Å². The Morgan fingerprint density at radius 2 is 1.00 bits per heavy atom. The molecule has 8 aromatic rings. The molecule has 0 atom stereocenters. The van der Waals surface area contributed by atoms with Crippen molar-refractivity contribution in [2.75, 3.05) is 0 Å². The highest BCUT2D eigenvalue weighted by Gasteiger charge is 2.20. The second-order valence-electron chi connectivity index (χ2n) is 9.75. The van der Waals surface area contributed by atoms with Gasteiger partial charge in [-0.15, -0.1) is 0 Å². The Kier molecular flexibility index (Phi) is 4.29. The first-order chi connectivity index (χ1) is 18.4. The molecule has 0 fully saturated rings. The van der Waals surface area contributed by atoms with Crippen LogP contribution in [0.1, 0.15) is 0 Å². The van der Waals surface area contributed by atoms with E-state index in [0.29, 0.717) is 0 Å². The van der Waals surface area contributed by atoms with Crippen molar-refractivity contribution in [3.05, 3.63) is 140 Å². The van der Waals surface area contributed by atoms with Gasteiger partial charge in [-0.3, -0.25) is 0 Å². The van der Waals surface area contributed by atoms with Gasteiger partial charge in [0.25, 0.3) is 0 Å². The quantitative estimate of drug-likeness (QED) is 0.222. The molecular formula is C36H23N. The van der Waals surface area contributed by atoms with Gasteiger partial charge in [0.2, 0.25) is 0 Å². The third-order valence-electron chi connectivity index (χ3n) is 7.74. The summed E-state index contributed by atoms with van der Waals surface area (Å²) in [6.07, 6.45) is 0. The summed E-state index contributed by atoms with van der Waals surface area (Å²) in [6.45, 7) is 0. The van der Waals surface area contributed by atoms with Gasteiger partial charge >= 0.3 is 0 Å². The van der Waals surface area contributed by atoms with Crippen LogP contribution < -0.4 is 0 Å². The topological polar surface area (TPSA) is 4.93 Å². The Balaban J connectivity index is 1.64. The largest absolute Gasteiger partial charge is 0.309 e. The summed E-state index contributed by atoms with van der Waals surface area (Å²) in [5.74, 6) is 0. The van der Waals surface area contributed by atoms with Crippen LogP contribution in [0.2, 0.25) is 0 Å². The highest BCUT2D eigenvalue weighted by Crippen LogP contribution is 2.44. The molecule has 0 aliphatic heterocycles. The molecule has 37 heavy (non-hydrogen) atoms. The molecule has 0 saturated heterocycles. The molecule has 0 spiro atoms. The molecule has 0 unspecified atom stereocenters. The Bertz CT molecular complexity index is 2130. The summed E-state index contributed by atoms with van der Waals surface area (Å²) in [6, 6.07) is 50.7. The molecule has 0 N–H and O–H groups in total. The first-order valence-corrected chi connectivity index (χ1v) is 12.8. The molecular weight excluding hydrogens is 446 g/mol. The van der Waals surface area contributed by atoms with Gasteiger partial charge in [0.1, 0.15) is 0 Å². The molecule has 0 bridgehead atoms. The lowest BCUT2D eigenvalue weighted by molar-refractivity contribution is 1.19. The number of rotatable bonds is 2. The van der Waals surface area contributed by atoms with Crippen LogP contribution in [0.4, 0.5) is 0 Å². The minimum Gasteiger partial charge on any atom is -0.309 e. The number of fused-ring (bicyclic) bond motifs is 10. The molecule has 7 aromatic carbocycles. The molecule has 0 aliphatic carbocycles. The zero-order valence-corrected chi connectivity index (χ0v) is 20.2. The van der Waals surface area contributed by atoms with Crippen LogP contribution in [-0.2, 0) is 0 Å². The smallest absolute Gasteiger partial charge is 0.0626 e. The third-order valence-corrected chi connectivity index (χ3v) is 7.74. The van der Waals surface area contributed by atoms with E-state index in [9.17, 15) is 0 Å². The fourth-order valence-corrected chi connectivity index (χ4v) is 6.16. The number of aromatic nitrogens is 1. The molecule has 1 nitrogen and oxygen atoms in total. The molecule has 0 aliphatic rings. The van der Waals surface area contributed by atoms with Gasteiger partial charge in [-0.05, 0) is 56.3 Å². The van der Waals surface area contributed by atoms with E-state index < -0.39 is 0 Å². The highest BCUT2D eigenvalue weighted by molar-refractivity contribution is 6.35. The minimum absolute atomic E-state index is 1.18. The molecule has 0 radical (unpaired) electrons. The van der Waals surface area contributed by atoms with Crippen LogP contribution in [0.5, 0.6) is 0 Å². The average molecular weight is 470 g/mol. The number of hydrogen-bond donors (Lipinski definition) is 0. The van der Waals surface area contributed by atoms with Crippen molar-refractivity contribution in [1.29, 1.82) is 0 Å². The fraction of sp³-hybridized carbons (Fsp3) is 0. The number of hydrogen-bond acceptors (Lipinski definition) is 0. The maximum absolute atomic E-state index is 2.48. The SMILES string of the molecule is c1ccc(-c2cccc(-n3c4ccc5ccccc5c4c4c5ccccc5c5ccccc5c43)c2)cc1. The van der Waals surface area contributed by atoms with Crippen molar-refractivity contribution in [2.24, 2.45) is 0 Å². The van der Waals surface area contributed by atoms with Crippen molar-refractivity contribution in [3.8, 4) is 16.8 Å². The van der Waals surface area contributed by atoms with Gasteiger partial charge in [0.05, 0.1) is 11.0 Å². The summed E-state index contributed by atoms with van der Waals surface area (Å²) in [4.78, 5) is 0. The molecule has 0 saturated carbocycles. The first-order valence-electron chi connectivity index (χ1n) is 12.8. The maximum atomic E-state index is 2.48. The van der Waals surface area contributed by atoms with Crippen LogP contribution in [0, 0.1) is 0 Å². The molecule has 1 heterocycles. The summed E-state index contributed by atoms with van der Waals surface area (Å²) in [7, 11) is 0. The van der Waals surface area contributed by atoms with Gasteiger partial charge in [-0.25, -0.2) is 0 Å². The number of nitrogens with zero attached hydrogens (tertiary/aromatic N) is 1. The lowest BCUT2D eigenvalue weighted by atomic mass is 9.95. The van der Waals surface area contributed by atoms with Crippen LogP contribution in [0.3, 0.4) is 0 Å². The van der Waals surface area contributed by atoms with Crippen molar-refractivity contribution >= 4 is 54.1 Å². The summed E-state index contributed by atoms with van der Waals surface area (Å²) < 4.78 is 2.48. The monoisotopic (exact) mass is 469 g/mol. The highest BCUT2D eigenvalue weighted by atomic mass is 15.0. The third kappa shape index (κ3) is 2.92. The van der Waals surface area contributed by atoms with Crippen molar-refractivity contribution in [3.63, 3.8) is 0 Å². The minimum atomic E-state index is 1.18. The van der Waals surface area contributed by atoms with Crippen molar-refractivity contribution in [1.82, 2.24) is 4.57 Å². The Hall–Kier alpha value is -4.88. The predicted octanol–water partition coefficient (Wildman–Crippen LogP) is 9.91. The van der Waals surface area contributed by atoms with E-state index in [1.165, 1.54) is 70.9 Å². The molecule has 1 heteroatoms. The molecule has 1 aromatic heterocycles. The lowest BCUT2D eigenvalue weighted by Gasteiger charge is -2.13. The van der Waals surface area contributed by atoms with E-state index in [1.54, 1.807) is 0 Å². The van der Waals surface area contributed by atoms with E-state index in [-0.39, 0.29) is 0 Å². The van der Waals surface area contributed by atoms with E-state index in [2.05, 4.69) is 144 Å². The van der Waals surface area contributed by atoms with E-state index in [1.807, 2.05) is 0 Å². The first kappa shape index (κ1) is 20.3. The second-order valence-corrected chi connectivity index (χ2v) is 9.75. The van der Waals surface area contributed by atoms with Crippen molar-refractivity contribution in [2.45, 2.75) is 0 Å². The Morgan fingerprint density at radius 1 is 0.378 bits per heavy atom. The van der Waals surface area contributed by atoms with Crippen LogP contribution >= 0.6 is 0 Å². The molecule has 0 amide bonds. The van der Waals surface area contributed by atoms with Gasteiger partial charge in [0, 0.05) is 21.8 Å². The predicted molar refractivity (Wildman–Crippen MR) is 159 cm³/mol. The zero-order chi connectivity index (χ0) is 24.3. The Morgan fingerprint density at radius 3 is 1.81 bits per heavy atom. The summed E-state index contributed by atoms with van der Waals surface area (Å²) in [5, 5.41) is 10.4. The van der Waals surface area contributed by atoms with Crippen LogP contribution in [-0.4, -0.2) is 4.57 Å². The van der Waals surface area contributed by atoms with Crippen molar-refractivity contribution < 1.29 is 0 Å². The van der Waals surface area contributed by atoms with Crippen LogP contribution in [0.25, 0.3) is 70.9 Å². The fourth-order valence-electron chi connectivity index (χ4n) is 6.16. The average Bonchev–Trinajstić information content (AvgIpc) is 3.34. The lowest BCUT2D eigenvalue weighted by Crippen LogP contribution is -1.95. The van der Waals surface area contributed by atoms with E-state index >= 15 is 0 Å². The maximum Gasteiger partial charge on any atom is 0.0626 e. The van der Waals surface area contributed by atoms with Gasteiger partial charge in [-0.2, -0.15) is 0 Å². The normalized spacial score (nSPS) is 11.8. The standard InChI is InChI=1S/C36H23N/c1-2-11-24(12-3-1)26-14-10-15-27(23-26)37-33-22-21-25-13-4-5-16-28(25)34(33)35-31-19-8-6-17-29(31)30-18-7-9-20-32(30)36(35)37/h1-23H. The summed E-state index contributed by atoms with van der Waals surface area (Å²) >= 11 is 0. The number of benzene rings is 7. The Labute approximate surface area is 214 Å². The van der Waals surface area contributed by atoms with E-state index in [0.717, 1.165) is 0 Å². The second kappa shape index (κ2) is 7.81. The van der Waals surface area contributed by atoms with Gasteiger partial charge in [-0.1, -0.05) is 121 Å². The molecule has 172 valence electrons.